The van der Waals surface area contributed by atoms with Crippen LogP contribution in [-0.4, -0.2) is 39.8 Å². The van der Waals surface area contributed by atoms with E-state index in [0.29, 0.717) is 31.1 Å². The van der Waals surface area contributed by atoms with Crippen LogP contribution in [0, 0.1) is 5.92 Å². The van der Waals surface area contributed by atoms with E-state index in [4.69, 9.17) is 4.74 Å². The van der Waals surface area contributed by atoms with Crippen molar-refractivity contribution in [2.24, 2.45) is 5.92 Å². The Morgan fingerprint density at radius 2 is 1.97 bits per heavy atom. The number of ether oxygens (including phenoxy) is 1. The molecule has 4 amide bonds. The number of pyridine rings is 1. The third-order valence-electron chi connectivity index (χ3n) is 6.56. The van der Waals surface area contributed by atoms with Gasteiger partial charge in [0.2, 0.25) is 5.91 Å². The van der Waals surface area contributed by atoms with Gasteiger partial charge in [-0.25, -0.2) is 4.79 Å². The molecule has 0 bridgehead atoms. The van der Waals surface area contributed by atoms with Crippen LogP contribution in [0.4, 0.5) is 4.79 Å². The van der Waals surface area contributed by atoms with Crippen molar-refractivity contribution in [1.29, 1.82) is 0 Å². The molecule has 2 fully saturated rings. The van der Waals surface area contributed by atoms with Crippen LogP contribution in [0.3, 0.4) is 0 Å². The Morgan fingerprint density at radius 3 is 2.64 bits per heavy atom. The Bertz CT molecular complexity index is 1000. The largest absolute Gasteiger partial charge is 0.489 e. The Kier molecular flexibility index (Phi) is 6.62. The molecule has 1 aromatic heterocycles. The summed E-state index contributed by atoms with van der Waals surface area (Å²) in [5.74, 6) is 0.611. The van der Waals surface area contributed by atoms with Gasteiger partial charge in [-0.3, -0.25) is 19.5 Å². The summed E-state index contributed by atoms with van der Waals surface area (Å²) in [4.78, 5) is 43.1. The standard InChI is InChI=1S/C25H30N4O4/c1-17-9-11-25(12-10-17)23(31)29(24(32)28-25)15-22(30)27-18(2)20-5-7-21(8-6-20)33-16-19-4-3-13-26-14-19/h3-8,13-14,17-18H,9-12,15-16H2,1-2H3,(H,27,30)(H,28,32). The van der Waals surface area contributed by atoms with E-state index in [-0.39, 0.29) is 24.4 Å². The second-order valence-electron chi connectivity index (χ2n) is 9.09. The number of imide groups is 1. The molecule has 2 N–H and O–H groups in total. The number of aromatic nitrogens is 1. The van der Waals surface area contributed by atoms with E-state index in [1.807, 2.05) is 43.3 Å². The number of carbonyl (C=O) groups excluding carboxylic acids is 3. The van der Waals surface area contributed by atoms with Crippen molar-refractivity contribution in [2.45, 2.75) is 57.7 Å². The van der Waals surface area contributed by atoms with Crippen molar-refractivity contribution < 1.29 is 19.1 Å². The van der Waals surface area contributed by atoms with Crippen LogP contribution < -0.4 is 15.4 Å². The number of rotatable bonds is 7. The van der Waals surface area contributed by atoms with Crippen LogP contribution in [0.25, 0.3) is 0 Å². The molecule has 1 aliphatic heterocycles. The number of carbonyl (C=O) groups is 3. The molecule has 174 valence electrons. The number of nitrogens with zero attached hydrogens (tertiary/aromatic N) is 2. The highest BCUT2D eigenvalue weighted by molar-refractivity contribution is 6.09. The lowest BCUT2D eigenvalue weighted by atomic mass is 9.77. The number of nitrogens with one attached hydrogen (secondary N) is 2. The number of hydrogen-bond acceptors (Lipinski definition) is 5. The summed E-state index contributed by atoms with van der Waals surface area (Å²) in [5, 5.41) is 5.73. The first kappa shape index (κ1) is 22.8. The van der Waals surface area contributed by atoms with Crippen molar-refractivity contribution in [3.05, 3.63) is 59.9 Å². The highest BCUT2D eigenvalue weighted by atomic mass is 16.5. The smallest absolute Gasteiger partial charge is 0.325 e. The maximum Gasteiger partial charge on any atom is 0.325 e. The third kappa shape index (κ3) is 5.16. The summed E-state index contributed by atoms with van der Waals surface area (Å²) < 4.78 is 5.77. The van der Waals surface area contributed by atoms with Gasteiger partial charge < -0.3 is 15.4 Å². The van der Waals surface area contributed by atoms with Gasteiger partial charge in [-0.1, -0.05) is 25.1 Å². The monoisotopic (exact) mass is 450 g/mol. The zero-order chi connectivity index (χ0) is 23.4. The predicted octanol–water partition coefficient (Wildman–Crippen LogP) is 3.34. The lowest BCUT2D eigenvalue weighted by molar-refractivity contribution is -0.136. The molecule has 8 nitrogen and oxygen atoms in total. The molecule has 1 spiro atoms. The van der Waals surface area contributed by atoms with Crippen molar-refractivity contribution in [3.63, 3.8) is 0 Å². The lowest BCUT2D eigenvalue weighted by Gasteiger charge is -2.33. The zero-order valence-corrected chi connectivity index (χ0v) is 19.0. The van der Waals surface area contributed by atoms with Crippen LogP contribution in [-0.2, 0) is 16.2 Å². The fraction of sp³-hybridized carbons (Fsp3) is 0.440. The van der Waals surface area contributed by atoms with Gasteiger partial charge in [-0.15, -0.1) is 0 Å². The van der Waals surface area contributed by atoms with E-state index in [9.17, 15) is 14.4 Å². The van der Waals surface area contributed by atoms with Crippen LogP contribution in [0.2, 0.25) is 0 Å². The summed E-state index contributed by atoms with van der Waals surface area (Å²) >= 11 is 0. The molecule has 1 atom stereocenters. The molecule has 1 aromatic carbocycles. The van der Waals surface area contributed by atoms with Crippen LogP contribution in [0.1, 0.15) is 56.7 Å². The Balaban J connectivity index is 1.29. The summed E-state index contributed by atoms with van der Waals surface area (Å²) in [6.45, 7) is 4.16. The Labute approximate surface area is 193 Å². The molecule has 2 aromatic rings. The van der Waals surface area contributed by atoms with Crippen molar-refractivity contribution in [1.82, 2.24) is 20.5 Å². The second kappa shape index (κ2) is 9.60. The fourth-order valence-corrected chi connectivity index (χ4v) is 4.43. The molecule has 0 radical (unpaired) electrons. The second-order valence-corrected chi connectivity index (χ2v) is 9.09. The molecule has 8 heteroatoms. The molecule has 1 unspecified atom stereocenters. The summed E-state index contributed by atoms with van der Waals surface area (Å²) in [7, 11) is 0. The highest BCUT2D eigenvalue weighted by Gasteiger charge is 2.52. The topological polar surface area (TPSA) is 101 Å². The fourth-order valence-electron chi connectivity index (χ4n) is 4.43. The third-order valence-corrected chi connectivity index (χ3v) is 6.56. The van der Waals surface area contributed by atoms with Gasteiger partial charge in [0.05, 0.1) is 6.04 Å². The van der Waals surface area contributed by atoms with Gasteiger partial charge in [0.1, 0.15) is 24.4 Å². The molecular weight excluding hydrogens is 420 g/mol. The van der Waals surface area contributed by atoms with E-state index in [2.05, 4.69) is 22.5 Å². The quantitative estimate of drug-likeness (QED) is 0.630. The molecule has 33 heavy (non-hydrogen) atoms. The molecule has 4 rings (SSSR count). The van der Waals surface area contributed by atoms with E-state index >= 15 is 0 Å². The number of benzene rings is 1. The van der Waals surface area contributed by atoms with Gasteiger partial charge in [0.25, 0.3) is 5.91 Å². The highest BCUT2D eigenvalue weighted by Crippen LogP contribution is 2.36. The van der Waals surface area contributed by atoms with Crippen molar-refractivity contribution in [3.8, 4) is 5.75 Å². The number of hydrogen-bond donors (Lipinski definition) is 2. The Morgan fingerprint density at radius 1 is 1.24 bits per heavy atom. The van der Waals surface area contributed by atoms with E-state index in [1.54, 1.807) is 12.4 Å². The van der Waals surface area contributed by atoms with Crippen LogP contribution in [0.5, 0.6) is 5.75 Å². The van der Waals surface area contributed by atoms with E-state index < -0.39 is 11.6 Å². The molecule has 1 aliphatic carbocycles. The first-order valence-corrected chi connectivity index (χ1v) is 11.4. The molecular formula is C25H30N4O4. The predicted molar refractivity (Wildman–Crippen MR) is 122 cm³/mol. The minimum atomic E-state index is -0.832. The van der Waals surface area contributed by atoms with Gasteiger partial charge in [-0.05, 0) is 62.3 Å². The van der Waals surface area contributed by atoms with Gasteiger partial charge in [0, 0.05) is 18.0 Å². The minimum absolute atomic E-state index is 0.279. The molecule has 2 heterocycles. The van der Waals surface area contributed by atoms with Crippen LogP contribution >= 0.6 is 0 Å². The lowest BCUT2D eigenvalue weighted by Crippen LogP contribution is -2.50. The van der Waals surface area contributed by atoms with E-state index in [0.717, 1.165) is 28.9 Å². The van der Waals surface area contributed by atoms with Crippen molar-refractivity contribution >= 4 is 17.8 Å². The average Bonchev–Trinajstić information content (AvgIpc) is 3.04. The number of amides is 4. The first-order valence-electron chi connectivity index (χ1n) is 11.4. The number of urea groups is 1. The van der Waals surface area contributed by atoms with E-state index in [1.165, 1.54) is 0 Å². The maximum absolute atomic E-state index is 12.9. The molecule has 1 saturated carbocycles. The normalized spacial score (nSPS) is 23.3. The van der Waals surface area contributed by atoms with Gasteiger partial charge >= 0.3 is 6.03 Å². The summed E-state index contributed by atoms with van der Waals surface area (Å²) in [5.41, 5.74) is 1.04. The average molecular weight is 451 g/mol. The summed E-state index contributed by atoms with van der Waals surface area (Å²) in [6.07, 6.45) is 6.52. The minimum Gasteiger partial charge on any atom is -0.489 e. The molecule has 1 saturated heterocycles. The van der Waals surface area contributed by atoms with Gasteiger partial charge in [0.15, 0.2) is 0 Å². The molecule has 2 aliphatic rings. The maximum atomic E-state index is 12.9. The summed E-state index contributed by atoms with van der Waals surface area (Å²) in [6, 6.07) is 10.5. The zero-order valence-electron chi connectivity index (χ0n) is 19.0. The SMILES string of the molecule is CC1CCC2(CC1)NC(=O)N(CC(=O)NC(C)c1ccc(OCc3cccnc3)cc1)C2=O. The van der Waals surface area contributed by atoms with Gasteiger partial charge in [-0.2, -0.15) is 0 Å². The first-order chi connectivity index (χ1) is 15.9. The van der Waals surface area contributed by atoms with Crippen LogP contribution in [0.15, 0.2) is 48.8 Å². The Hall–Kier alpha value is -3.42. The van der Waals surface area contributed by atoms with Crippen molar-refractivity contribution in [2.75, 3.05) is 6.54 Å².